The molecule has 128 valence electrons. The highest BCUT2D eigenvalue weighted by Gasteiger charge is 2.25. The highest BCUT2D eigenvalue weighted by Crippen LogP contribution is 2.01. The molecule has 0 atom stereocenters. The van der Waals surface area contributed by atoms with Gasteiger partial charge >= 0.3 is 11.8 Å². The molecule has 1 aliphatic heterocycles. The molecule has 0 unspecified atom stereocenters. The van der Waals surface area contributed by atoms with E-state index in [9.17, 15) is 9.59 Å². The van der Waals surface area contributed by atoms with Gasteiger partial charge in [-0.3, -0.25) is 14.5 Å². The van der Waals surface area contributed by atoms with Crippen molar-refractivity contribution in [2.45, 2.75) is 26.2 Å². The molecular weight excluding hydrogens is 286 g/mol. The van der Waals surface area contributed by atoms with E-state index in [-0.39, 0.29) is 6.61 Å². The third-order valence-corrected chi connectivity index (χ3v) is 3.66. The van der Waals surface area contributed by atoms with Gasteiger partial charge in [0.2, 0.25) is 0 Å². The molecule has 0 aliphatic carbocycles. The predicted molar refractivity (Wildman–Crippen MR) is 83.5 cm³/mol. The van der Waals surface area contributed by atoms with Crippen LogP contribution < -0.4 is 5.32 Å². The van der Waals surface area contributed by atoms with Crippen LogP contribution in [0, 0.1) is 0 Å². The maximum atomic E-state index is 12.0. The van der Waals surface area contributed by atoms with Gasteiger partial charge in [0.05, 0.1) is 6.61 Å². The molecule has 0 spiro atoms. The summed E-state index contributed by atoms with van der Waals surface area (Å²) >= 11 is 0. The highest BCUT2D eigenvalue weighted by molar-refractivity contribution is 6.35. The second-order valence-corrected chi connectivity index (χ2v) is 5.43. The molecule has 0 radical (unpaired) electrons. The van der Waals surface area contributed by atoms with Crippen LogP contribution in [0.1, 0.15) is 26.2 Å². The van der Waals surface area contributed by atoms with Crippen LogP contribution in [0.25, 0.3) is 0 Å². The summed E-state index contributed by atoms with van der Waals surface area (Å²) in [6.45, 7) is 7.13. The predicted octanol–water partition coefficient (Wildman–Crippen LogP) is -0.554. The Balaban J connectivity index is 2.11. The summed E-state index contributed by atoms with van der Waals surface area (Å²) in [4.78, 5) is 27.4. The van der Waals surface area contributed by atoms with Gasteiger partial charge in [0, 0.05) is 52.5 Å². The van der Waals surface area contributed by atoms with Gasteiger partial charge < -0.3 is 20.1 Å². The monoisotopic (exact) mass is 315 g/mol. The fourth-order valence-corrected chi connectivity index (χ4v) is 2.26. The Labute approximate surface area is 132 Å². The Kier molecular flexibility index (Phi) is 9.77. The number of ether oxygens (including phenoxy) is 1. The number of hydrogen-bond acceptors (Lipinski definition) is 5. The molecule has 1 fully saturated rings. The molecule has 0 aromatic heterocycles. The minimum absolute atomic E-state index is 0.120. The Morgan fingerprint density at radius 2 is 1.82 bits per heavy atom. The molecule has 0 saturated carbocycles. The maximum absolute atomic E-state index is 12.0. The first-order valence-electron chi connectivity index (χ1n) is 8.17. The Hall–Kier alpha value is -1.18. The summed E-state index contributed by atoms with van der Waals surface area (Å²) in [5, 5.41) is 11.5. The Bertz CT molecular complexity index is 331. The van der Waals surface area contributed by atoms with E-state index in [0.29, 0.717) is 52.3 Å². The number of carbonyl (C=O) groups excluding carboxylic acids is 2. The van der Waals surface area contributed by atoms with Gasteiger partial charge in [0.15, 0.2) is 0 Å². The first-order chi connectivity index (χ1) is 10.7. The second kappa shape index (κ2) is 11.4. The van der Waals surface area contributed by atoms with Crippen molar-refractivity contribution in [3.05, 3.63) is 0 Å². The zero-order chi connectivity index (χ0) is 16.2. The first-order valence-corrected chi connectivity index (χ1v) is 8.17. The van der Waals surface area contributed by atoms with Crippen LogP contribution in [0.2, 0.25) is 0 Å². The van der Waals surface area contributed by atoms with Crippen molar-refractivity contribution in [3.63, 3.8) is 0 Å². The summed E-state index contributed by atoms with van der Waals surface area (Å²) < 4.78 is 5.39. The molecule has 1 rings (SSSR count). The maximum Gasteiger partial charge on any atom is 0.311 e. The summed E-state index contributed by atoms with van der Waals surface area (Å²) in [7, 11) is 0. The van der Waals surface area contributed by atoms with Crippen molar-refractivity contribution >= 4 is 11.8 Å². The van der Waals surface area contributed by atoms with Gasteiger partial charge in [-0.25, -0.2) is 0 Å². The Morgan fingerprint density at radius 3 is 2.45 bits per heavy atom. The largest absolute Gasteiger partial charge is 0.395 e. The third kappa shape index (κ3) is 7.20. The quantitative estimate of drug-likeness (QED) is 0.440. The summed E-state index contributed by atoms with van der Waals surface area (Å²) in [5.74, 6) is -1.00. The van der Waals surface area contributed by atoms with E-state index in [1.807, 2.05) is 0 Å². The van der Waals surface area contributed by atoms with E-state index in [1.165, 1.54) is 0 Å². The van der Waals surface area contributed by atoms with Crippen LogP contribution in [-0.2, 0) is 14.3 Å². The fraction of sp³-hybridized carbons (Fsp3) is 0.867. The number of aliphatic hydroxyl groups excluding tert-OH is 1. The van der Waals surface area contributed by atoms with E-state index in [1.54, 1.807) is 4.90 Å². The second-order valence-electron chi connectivity index (χ2n) is 5.43. The summed E-state index contributed by atoms with van der Waals surface area (Å²) in [6.07, 6.45) is 2.87. The van der Waals surface area contributed by atoms with Gasteiger partial charge in [-0.2, -0.15) is 0 Å². The molecule has 7 nitrogen and oxygen atoms in total. The molecule has 0 aromatic rings. The standard InChI is InChI=1S/C15H29N3O4/c1-2-3-12-22-13-4-5-16-14(20)15(21)18-8-6-17(7-9-18)10-11-19/h19H,2-13H2,1H3,(H,16,20). The van der Waals surface area contributed by atoms with Gasteiger partial charge in [-0.15, -0.1) is 0 Å². The van der Waals surface area contributed by atoms with Gasteiger partial charge in [0.1, 0.15) is 0 Å². The van der Waals surface area contributed by atoms with Crippen molar-refractivity contribution in [1.29, 1.82) is 0 Å². The van der Waals surface area contributed by atoms with E-state index in [4.69, 9.17) is 9.84 Å². The fourth-order valence-electron chi connectivity index (χ4n) is 2.26. The summed E-state index contributed by atoms with van der Waals surface area (Å²) in [6, 6.07) is 0. The number of piperazine rings is 1. The van der Waals surface area contributed by atoms with Crippen LogP contribution in [-0.4, -0.2) is 85.8 Å². The van der Waals surface area contributed by atoms with Crippen LogP contribution in [0.4, 0.5) is 0 Å². The van der Waals surface area contributed by atoms with E-state index in [0.717, 1.165) is 19.4 Å². The first kappa shape index (κ1) is 18.9. The number of nitrogens with zero attached hydrogens (tertiary/aromatic N) is 2. The van der Waals surface area contributed by atoms with Crippen LogP contribution in [0.3, 0.4) is 0 Å². The van der Waals surface area contributed by atoms with Crippen molar-refractivity contribution in [2.75, 3.05) is 59.1 Å². The SMILES string of the molecule is CCCCOCCCNC(=O)C(=O)N1CCN(CCO)CC1. The molecule has 2 amide bonds. The van der Waals surface area contributed by atoms with Gasteiger partial charge in [0.25, 0.3) is 0 Å². The lowest BCUT2D eigenvalue weighted by molar-refractivity contribution is -0.147. The van der Waals surface area contributed by atoms with Crippen molar-refractivity contribution in [2.24, 2.45) is 0 Å². The van der Waals surface area contributed by atoms with E-state index >= 15 is 0 Å². The lowest BCUT2D eigenvalue weighted by Crippen LogP contribution is -2.53. The average Bonchev–Trinajstić information content (AvgIpc) is 2.54. The number of nitrogens with one attached hydrogen (secondary N) is 1. The normalized spacial score (nSPS) is 15.8. The number of amides is 2. The van der Waals surface area contributed by atoms with Crippen LogP contribution in [0.5, 0.6) is 0 Å². The smallest absolute Gasteiger partial charge is 0.311 e. The number of carbonyl (C=O) groups is 2. The number of rotatable bonds is 9. The number of unbranched alkanes of at least 4 members (excludes halogenated alkanes) is 1. The van der Waals surface area contributed by atoms with Crippen LogP contribution in [0.15, 0.2) is 0 Å². The number of β-amino-alcohol motifs (C(OH)–C–C–N with tert-alkyl or cyclic N) is 1. The Morgan fingerprint density at radius 1 is 1.14 bits per heavy atom. The zero-order valence-electron chi connectivity index (χ0n) is 13.6. The average molecular weight is 315 g/mol. The third-order valence-electron chi connectivity index (χ3n) is 3.66. The van der Waals surface area contributed by atoms with Gasteiger partial charge in [-0.05, 0) is 12.8 Å². The molecule has 22 heavy (non-hydrogen) atoms. The molecule has 2 N–H and O–H groups in total. The van der Waals surface area contributed by atoms with Crippen molar-refractivity contribution < 1.29 is 19.4 Å². The molecule has 0 bridgehead atoms. The molecule has 1 heterocycles. The van der Waals surface area contributed by atoms with Crippen molar-refractivity contribution in [3.8, 4) is 0 Å². The molecular formula is C15H29N3O4. The molecule has 1 saturated heterocycles. The van der Waals surface area contributed by atoms with E-state index < -0.39 is 11.8 Å². The lowest BCUT2D eigenvalue weighted by Gasteiger charge is -2.33. The zero-order valence-corrected chi connectivity index (χ0v) is 13.6. The summed E-state index contributed by atoms with van der Waals surface area (Å²) in [5.41, 5.74) is 0. The minimum Gasteiger partial charge on any atom is -0.395 e. The highest BCUT2D eigenvalue weighted by atomic mass is 16.5. The molecule has 7 heteroatoms. The number of aliphatic hydroxyl groups is 1. The number of hydrogen-bond donors (Lipinski definition) is 2. The lowest BCUT2D eigenvalue weighted by atomic mass is 10.3. The molecule has 0 aromatic carbocycles. The molecule has 1 aliphatic rings. The van der Waals surface area contributed by atoms with Gasteiger partial charge in [-0.1, -0.05) is 13.3 Å². The minimum atomic E-state index is -0.538. The van der Waals surface area contributed by atoms with Crippen LogP contribution >= 0.6 is 0 Å². The topological polar surface area (TPSA) is 82.1 Å². The van der Waals surface area contributed by atoms with E-state index in [2.05, 4.69) is 17.1 Å². The van der Waals surface area contributed by atoms with Crippen molar-refractivity contribution in [1.82, 2.24) is 15.1 Å².